The van der Waals surface area contributed by atoms with Crippen molar-refractivity contribution in [1.82, 2.24) is 24.3 Å². The Labute approximate surface area is 191 Å². The molecule has 1 fully saturated rings. The number of nitrogens with zero attached hydrogens (tertiary/aromatic N) is 6. The van der Waals surface area contributed by atoms with E-state index in [2.05, 4.69) is 27.2 Å². The average molecular weight is 449 g/mol. The van der Waals surface area contributed by atoms with E-state index in [1.54, 1.807) is 4.68 Å². The summed E-state index contributed by atoms with van der Waals surface area (Å²) in [6, 6.07) is 11.9. The van der Waals surface area contributed by atoms with Crippen molar-refractivity contribution in [2.75, 3.05) is 31.1 Å². The monoisotopic (exact) mass is 448 g/mol. The van der Waals surface area contributed by atoms with Gasteiger partial charge in [-0.15, -0.1) is 0 Å². The van der Waals surface area contributed by atoms with Gasteiger partial charge in [-0.05, 0) is 30.2 Å². The highest BCUT2D eigenvalue weighted by Crippen LogP contribution is 2.26. The predicted molar refractivity (Wildman–Crippen MR) is 126 cm³/mol. The Hall–Kier alpha value is -3.32. The third-order valence-corrected chi connectivity index (χ3v) is 6.30. The van der Waals surface area contributed by atoms with Gasteiger partial charge in [0.2, 0.25) is 5.91 Å². The summed E-state index contributed by atoms with van der Waals surface area (Å²) in [5.74, 6) is 0.209. The van der Waals surface area contributed by atoms with Crippen molar-refractivity contribution in [1.29, 1.82) is 0 Å². The molecule has 1 amide bonds. The first-order valence-corrected chi connectivity index (χ1v) is 11.2. The first-order valence-electron chi connectivity index (χ1n) is 10.8. The van der Waals surface area contributed by atoms with Gasteiger partial charge in [0.25, 0.3) is 0 Å². The molecular formula is C24H25ClN6O. The molecule has 0 radical (unpaired) electrons. The number of benzene rings is 1. The number of halogens is 1. The van der Waals surface area contributed by atoms with E-state index in [9.17, 15) is 4.79 Å². The van der Waals surface area contributed by atoms with Crippen LogP contribution in [-0.4, -0.2) is 56.4 Å². The molecule has 4 heterocycles. The van der Waals surface area contributed by atoms with Crippen LogP contribution in [0, 0.1) is 0 Å². The van der Waals surface area contributed by atoms with Crippen molar-refractivity contribution in [3.05, 3.63) is 71.8 Å². The van der Waals surface area contributed by atoms with Crippen molar-refractivity contribution in [2.45, 2.75) is 12.8 Å². The Morgan fingerprint density at radius 1 is 0.938 bits per heavy atom. The summed E-state index contributed by atoms with van der Waals surface area (Å²) in [6.45, 7) is 3.06. The van der Waals surface area contributed by atoms with Gasteiger partial charge in [-0.3, -0.25) is 9.48 Å². The lowest BCUT2D eigenvalue weighted by Crippen LogP contribution is -2.48. The number of piperazine rings is 1. The molecule has 4 aromatic rings. The molecule has 0 bridgehead atoms. The normalized spacial score (nSPS) is 14.3. The van der Waals surface area contributed by atoms with Gasteiger partial charge < -0.3 is 9.80 Å². The van der Waals surface area contributed by atoms with E-state index in [0.717, 1.165) is 65.5 Å². The van der Waals surface area contributed by atoms with Crippen LogP contribution in [0.1, 0.15) is 12.0 Å². The first-order chi connectivity index (χ1) is 15.6. The van der Waals surface area contributed by atoms with Gasteiger partial charge in [0.1, 0.15) is 0 Å². The summed E-state index contributed by atoms with van der Waals surface area (Å²) in [6.07, 6.45) is 9.06. The number of carbonyl (C=O) groups is 1. The first kappa shape index (κ1) is 20.6. The van der Waals surface area contributed by atoms with Crippen molar-refractivity contribution >= 4 is 28.7 Å². The van der Waals surface area contributed by atoms with Gasteiger partial charge >= 0.3 is 0 Å². The van der Waals surface area contributed by atoms with Crippen LogP contribution in [-0.2, 0) is 18.3 Å². The Balaban J connectivity index is 1.21. The second kappa shape index (κ2) is 8.67. The molecule has 5 rings (SSSR count). The zero-order valence-electron chi connectivity index (χ0n) is 18.0. The highest BCUT2D eigenvalue weighted by atomic mass is 35.5. The molecule has 164 valence electrons. The number of aryl methyl sites for hydroxylation is 2. The molecule has 0 spiro atoms. The molecule has 7 nitrogen and oxygen atoms in total. The highest BCUT2D eigenvalue weighted by Gasteiger charge is 2.23. The van der Waals surface area contributed by atoms with E-state index in [0.29, 0.717) is 6.42 Å². The molecule has 0 unspecified atom stereocenters. The fourth-order valence-corrected chi connectivity index (χ4v) is 4.34. The molecule has 1 saturated heterocycles. The largest absolute Gasteiger partial charge is 0.365 e. The van der Waals surface area contributed by atoms with Crippen LogP contribution in [0.5, 0.6) is 0 Å². The molecular weight excluding hydrogens is 424 g/mol. The number of carbonyl (C=O) groups excluding carboxylic acids is 1. The number of aromatic nitrogens is 4. The molecule has 3 aromatic heterocycles. The van der Waals surface area contributed by atoms with Crippen LogP contribution in [0.25, 0.3) is 16.6 Å². The number of anilines is 1. The number of rotatable bonds is 5. The van der Waals surface area contributed by atoms with Crippen LogP contribution < -0.4 is 4.90 Å². The summed E-state index contributed by atoms with van der Waals surface area (Å²) in [4.78, 5) is 17.0. The number of fused-ring (bicyclic) bond motifs is 1. The fraction of sp³-hybridized carbons (Fsp3) is 0.292. The maximum absolute atomic E-state index is 12.7. The van der Waals surface area contributed by atoms with E-state index < -0.39 is 0 Å². The molecule has 1 aromatic carbocycles. The second-order valence-electron chi connectivity index (χ2n) is 8.17. The number of pyridine rings is 1. The smallest absolute Gasteiger partial charge is 0.223 e. The quantitative estimate of drug-likeness (QED) is 0.467. The lowest BCUT2D eigenvalue weighted by atomic mass is 10.1. The summed E-state index contributed by atoms with van der Waals surface area (Å²) >= 11 is 5.94. The molecule has 0 N–H and O–H groups in total. The van der Waals surface area contributed by atoms with Crippen molar-refractivity contribution in [3.63, 3.8) is 0 Å². The third-order valence-electron chi connectivity index (χ3n) is 6.05. The molecule has 0 saturated carbocycles. The number of hydrogen-bond acceptors (Lipinski definition) is 4. The van der Waals surface area contributed by atoms with Gasteiger partial charge in [0.05, 0.1) is 23.6 Å². The van der Waals surface area contributed by atoms with Crippen molar-refractivity contribution in [2.24, 2.45) is 7.05 Å². The minimum Gasteiger partial charge on any atom is -0.365 e. The van der Waals surface area contributed by atoms with Crippen LogP contribution in [0.4, 0.5) is 5.69 Å². The number of hydrogen-bond donors (Lipinski definition) is 0. The fourth-order valence-electron chi connectivity index (χ4n) is 4.21. The Morgan fingerprint density at radius 2 is 1.72 bits per heavy atom. The van der Waals surface area contributed by atoms with Crippen molar-refractivity contribution in [3.8, 4) is 11.1 Å². The third kappa shape index (κ3) is 4.21. The van der Waals surface area contributed by atoms with E-state index in [1.165, 1.54) is 0 Å². The highest BCUT2D eigenvalue weighted by molar-refractivity contribution is 6.30. The molecule has 32 heavy (non-hydrogen) atoms. The maximum Gasteiger partial charge on any atom is 0.223 e. The lowest BCUT2D eigenvalue weighted by Gasteiger charge is -2.35. The van der Waals surface area contributed by atoms with E-state index in [4.69, 9.17) is 11.6 Å². The Morgan fingerprint density at radius 3 is 2.44 bits per heavy atom. The van der Waals surface area contributed by atoms with Gasteiger partial charge in [-0.1, -0.05) is 29.8 Å². The maximum atomic E-state index is 12.7. The minimum atomic E-state index is 0.209. The molecule has 1 aliphatic heterocycles. The topological polar surface area (TPSA) is 58.7 Å². The second-order valence-corrected chi connectivity index (χ2v) is 8.61. The lowest BCUT2D eigenvalue weighted by molar-refractivity contribution is -0.131. The van der Waals surface area contributed by atoms with Crippen molar-refractivity contribution < 1.29 is 4.79 Å². The van der Waals surface area contributed by atoms with E-state index in [-0.39, 0.29) is 5.91 Å². The SMILES string of the molecule is Cn1cc(-c2ccc3c(N4CCN(C(=O)CCc5ccc(Cl)cc5)CC4)cnn3c2)cn1. The summed E-state index contributed by atoms with van der Waals surface area (Å²) in [5.41, 5.74) is 5.46. The zero-order chi connectivity index (χ0) is 22.1. The predicted octanol–water partition coefficient (Wildman–Crippen LogP) is 3.67. The van der Waals surface area contributed by atoms with E-state index in [1.807, 2.05) is 65.5 Å². The zero-order valence-corrected chi connectivity index (χ0v) is 18.7. The van der Waals surface area contributed by atoms with Gasteiger partial charge in [0.15, 0.2) is 0 Å². The van der Waals surface area contributed by atoms with Crippen LogP contribution in [0.15, 0.2) is 61.2 Å². The Bertz CT molecular complexity index is 1240. The molecule has 0 aliphatic carbocycles. The van der Waals surface area contributed by atoms with Gasteiger partial charge in [0, 0.05) is 68.2 Å². The summed E-state index contributed by atoms with van der Waals surface area (Å²) < 4.78 is 3.71. The standard InChI is InChI=1S/C24H25ClN6O/c1-28-16-20(14-26-28)19-5-8-22-23(15-27-31(22)17-19)29-10-12-30(13-11-29)24(32)9-4-18-2-6-21(25)7-3-18/h2-3,5-8,14-17H,4,9-13H2,1H3. The van der Waals surface area contributed by atoms with Crippen LogP contribution in [0.2, 0.25) is 5.02 Å². The minimum absolute atomic E-state index is 0.209. The Kier molecular flexibility index (Phi) is 5.57. The average Bonchev–Trinajstić information content (AvgIpc) is 3.44. The van der Waals surface area contributed by atoms with Gasteiger partial charge in [-0.2, -0.15) is 10.2 Å². The molecule has 1 aliphatic rings. The molecule has 0 atom stereocenters. The van der Waals surface area contributed by atoms with E-state index >= 15 is 0 Å². The van der Waals surface area contributed by atoms with Crippen LogP contribution >= 0.6 is 11.6 Å². The number of amides is 1. The van der Waals surface area contributed by atoms with Gasteiger partial charge in [-0.25, -0.2) is 4.52 Å². The van der Waals surface area contributed by atoms with Crippen LogP contribution in [0.3, 0.4) is 0 Å². The molecule has 8 heteroatoms. The summed E-state index contributed by atoms with van der Waals surface area (Å²) in [7, 11) is 1.91. The summed E-state index contributed by atoms with van der Waals surface area (Å²) in [5, 5.41) is 9.54.